The Balaban J connectivity index is 2.10. The Labute approximate surface area is 138 Å². The highest BCUT2D eigenvalue weighted by Gasteiger charge is 2.43. The molecule has 1 fully saturated rings. The Morgan fingerprint density at radius 3 is 2.65 bits per heavy atom. The molecule has 0 radical (unpaired) electrons. The summed E-state index contributed by atoms with van der Waals surface area (Å²) in [5.41, 5.74) is 0.134. The predicted octanol–water partition coefficient (Wildman–Crippen LogP) is 3.39. The van der Waals surface area contributed by atoms with Crippen molar-refractivity contribution in [2.45, 2.75) is 45.6 Å². The van der Waals surface area contributed by atoms with Crippen molar-refractivity contribution in [1.82, 2.24) is 5.32 Å². The SMILES string of the molecule is COc1ccccc1NC(=O)NC1(CO)CC(C)CC(C)(C)C1. The van der Waals surface area contributed by atoms with Gasteiger partial charge in [0.2, 0.25) is 0 Å². The first-order valence-corrected chi connectivity index (χ1v) is 8.12. The number of carbonyl (C=O) groups excluding carboxylic acids is 1. The number of anilines is 1. The first-order chi connectivity index (χ1) is 10.8. The van der Waals surface area contributed by atoms with Crippen LogP contribution >= 0.6 is 0 Å². The number of carbonyl (C=O) groups is 1. The molecule has 1 aliphatic carbocycles. The van der Waals surface area contributed by atoms with Crippen molar-refractivity contribution in [3.05, 3.63) is 24.3 Å². The summed E-state index contributed by atoms with van der Waals surface area (Å²) in [6, 6.07) is 6.96. The van der Waals surface area contributed by atoms with E-state index in [2.05, 4.69) is 31.4 Å². The van der Waals surface area contributed by atoms with Crippen LogP contribution in [0.1, 0.15) is 40.0 Å². The molecule has 23 heavy (non-hydrogen) atoms. The average Bonchev–Trinajstić information content (AvgIpc) is 2.45. The lowest BCUT2D eigenvalue weighted by molar-refractivity contribution is 0.0445. The number of urea groups is 1. The maximum absolute atomic E-state index is 12.4. The Bertz CT molecular complexity index is 559. The van der Waals surface area contributed by atoms with E-state index < -0.39 is 5.54 Å². The molecule has 0 aliphatic heterocycles. The first-order valence-electron chi connectivity index (χ1n) is 8.12. The van der Waals surface area contributed by atoms with Gasteiger partial charge in [0, 0.05) is 0 Å². The zero-order chi connectivity index (χ0) is 17.1. The highest BCUT2D eigenvalue weighted by Crippen LogP contribution is 2.43. The van der Waals surface area contributed by atoms with Gasteiger partial charge in [-0.1, -0.05) is 32.9 Å². The van der Waals surface area contributed by atoms with Crippen molar-refractivity contribution < 1.29 is 14.6 Å². The third kappa shape index (κ3) is 4.38. The van der Waals surface area contributed by atoms with Crippen LogP contribution in [0.4, 0.5) is 10.5 Å². The lowest BCUT2D eigenvalue weighted by atomic mass is 9.64. The molecule has 2 amide bonds. The molecule has 0 aromatic heterocycles. The largest absolute Gasteiger partial charge is 0.495 e. The van der Waals surface area contributed by atoms with Crippen LogP contribution in [-0.4, -0.2) is 30.4 Å². The molecule has 0 heterocycles. The molecule has 0 bridgehead atoms. The Kier molecular flexibility index (Phi) is 5.19. The number of aliphatic hydroxyl groups is 1. The minimum Gasteiger partial charge on any atom is -0.495 e. The fourth-order valence-electron chi connectivity index (χ4n) is 4.14. The summed E-state index contributed by atoms with van der Waals surface area (Å²) in [6.07, 6.45) is 2.65. The van der Waals surface area contributed by atoms with Gasteiger partial charge >= 0.3 is 6.03 Å². The summed E-state index contributed by atoms with van der Waals surface area (Å²) in [7, 11) is 1.57. The van der Waals surface area contributed by atoms with Crippen molar-refractivity contribution >= 4 is 11.7 Å². The molecule has 0 spiro atoms. The molecular weight excluding hydrogens is 292 g/mol. The molecule has 1 saturated carbocycles. The van der Waals surface area contributed by atoms with E-state index in [1.165, 1.54) is 0 Å². The second kappa shape index (κ2) is 6.79. The van der Waals surface area contributed by atoms with E-state index >= 15 is 0 Å². The van der Waals surface area contributed by atoms with E-state index in [4.69, 9.17) is 4.74 Å². The molecule has 1 aliphatic rings. The van der Waals surface area contributed by atoms with Crippen molar-refractivity contribution in [3.8, 4) is 5.75 Å². The number of hydrogen-bond acceptors (Lipinski definition) is 3. The lowest BCUT2D eigenvalue weighted by Gasteiger charge is -2.47. The van der Waals surface area contributed by atoms with Gasteiger partial charge in [0.1, 0.15) is 5.75 Å². The topological polar surface area (TPSA) is 70.6 Å². The van der Waals surface area contributed by atoms with Gasteiger partial charge in [0.15, 0.2) is 0 Å². The van der Waals surface area contributed by atoms with Crippen molar-refractivity contribution in [1.29, 1.82) is 0 Å². The highest BCUT2D eigenvalue weighted by molar-refractivity contribution is 5.91. The van der Waals surface area contributed by atoms with Crippen LogP contribution in [-0.2, 0) is 0 Å². The van der Waals surface area contributed by atoms with Crippen molar-refractivity contribution in [2.75, 3.05) is 19.0 Å². The maximum atomic E-state index is 12.4. The first kappa shape index (κ1) is 17.6. The lowest BCUT2D eigenvalue weighted by Crippen LogP contribution is -2.58. The summed E-state index contributed by atoms with van der Waals surface area (Å²) in [5.74, 6) is 1.07. The molecule has 1 aromatic rings. The number of para-hydroxylation sites is 2. The number of aliphatic hydroxyl groups excluding tert-OH is 1. The highest BCUT2D eigenvalue weighted by atomic mass is 16.5. The van der Waals surface area contributed by atoms with E-state index in [1.54, 1.807) is 19.2 Å². The summed E-state index contributed by atoms with van der Waals surface area (Å²) < 4.78 is 5.25. The second-order valence-electron chi connectivity index (χ2n) is 7.57. The molecule has 5 nitrogen and oxygen atoms in total. The maximum Gasteiger partial charge on any atom is 0.319 e. The van der Waals surface area contributed by atoms with Gasteiger partial charge in [-0.2, -0.15) is 0 Å². The zero-order valence-corrected chi connectivity index (χ0v) is 14.5. The van der Waals surface area contributed by atoms with Crippen LogP contribution in [0.5, 0.6) is 5.75 Å². The monoisotopic (exact) mass is 320 g/mol. The Morgan fingerprint density at radius 2 is 2.04 bits per heavy atom. The summed E-state index contributed by atoms with van der Waals surface area (Å²) in [6.45, 7) is 6.49. The van der Waals surface area contributed by atoms with Crippen LogP contribution in [0.2, 0.25) is 0 Å². The fraction of sp³-hybridized carbons (Fsp3) is 0.611. The number of ether oxygens (including phenoxy) is 1. The third-order valence-corrected chi connectivity index (χ3v) is 4.49. The molecule has 5 heteroatoms. The second-order valence-corrected chi connectivity index (χ2v) is 7.57. The fourth-order valence-corrected chi connectivity index (χ4v) is 4.14. The van der Waals surface area contributed by atoms with Gasteiger partial charge in [0.05, 0.1) is 24.9 Å². The summed E-state index contributed by atoms with van der Waals surface area (Å²) >= 11 is 0. The number of hydrogen-bond donors (Lipinski definition) is 3. The van der Waals surface area contributed by atoms with Gasteiger partial charge in [0.25, 0.3) is 0 Å². The normalized spacial score (nSPS) is 26.4. The van der Waals surface area contributed by atoms with Crippen LogP contribution < -0.4 is 15.4 Å². The van der Waals surface area contributed by atoms with E-state index in [-0.39, 0.29) is 18.1 Å². The minimum atomic E-state index is -0.576. The molecule has 2 rings (SSSR count). The molecule has 2 atom stereocenters. The van der Waals surface area contributed by atoms with Gasteiger partial charge in [-0.15, -0.1) is 0 Å². The van der Waals surface area contributed by atoms with Gasteiger partial charge < -0.3 is 20.5 Å². The standard InChI is InChI=1S/C18H28N2O3/c1-13-9-17(2,3)11-18(10-13,12-21)20-16(22)19-14-7-5-6-8-15(14)23-4/h5-8,13,21H,9-12H2,1-4H3,(H2,19,20,22). The molecule has 2 unspecified atom stereocenters. The minimum absolute atomic E-state index is 0.0554. The number of amides is 2. The van der Waals surface area contributed by atoms with Crippen LogP contribution in [0, 0.1) is 11.3 Å². The summed E-state index contributed by atoms with van der Waals surface area (Å²) in [5, 5.41) is 15.8. The molecule has 3 N–H and O–H groups in total. The van der Waals surface area contributed by atoms with E-state index in [9.17, 15) is 9.90 Å². The Hall–Kier alpha value is -1.75. The van der Waals surface area contributed by atoms with Gasteiger partial charge in [-0.25, -0.2) is 4.79 Å². The van der Waals surface area contributed by atoms with Crippen LogP contribution in [0.25, 0.3) is 0 Å². The molecular formula is C18H28N2O3. The summed E-state index contributed by atoms with van der Waals surface area (Å²) in [4.78, 5) is 12.4. The van der Waals surface area contributed by atoms with Gasteiger partial charge in [-0.3, -0.25) is 0 Å². The van der Waals surface area contributed by atoms with Gasteiger partial charge in [-0.05, 0) is 42.7 Å². The number of methoxy groups -OCH3 is 1. The molecule has 0 saturated heterocycles. The Morgan fingerprint density at radius 1 is 1.35 bits per heavy atom. The number of rotatable bonds is 4. The van der Waals surface area contributed by atoms with E-state index in [0.29, 0.717) is 17.4 Å². The van der Waals surface area contributed by atoms with E-state index in [1.807, 2.05) is 12.1 Å². The number of nitrogens with one attached hydrogen (secondary N) is 2. The molecule has 1 aromatic carbocycles. The third-order valence-electron chi connectivity index (χ3n) is 4.49. The van der Waals surface area contributed by atoms with Crippen molar-refractivity contribution in [3.63, 3.8) is 0 Å². The quantitative estimate of drug-likeness (QED) is 0.796. The van der Waals surface area contributed by atoms with E-state index in [0.717, 1.165) is 19.3 Å². The number of benzene rings is 1. The predicted molar refractivity (Wildman–Crippen MR) is 91.8 cm³/mol. The zero-order valence-electron chi connectivity index (χ0n) is 14.5. The van der Waals surface area contributed by atoms with Crippen molar-refractivity contribution in [2.24, 2.45) is 11.3 Å². The van der Waals surface area contributed by atoms with Crippen LogP contribution in [0.15, 0.2) is 24.3 Å². The smallest absolute Gasteiger partial charge is 0.319 e. The van der Waals surface area contributed by atoms with Crippen LogP contribution in [0.3, 0.4) is 0 Å². The average molecular weight is 320 g/mol. The molecule has 128 valence electrons.